The lowest BCUT2D eigenvalue weighted by Gasteiger charge is -2.24. The van der Waals surface area contributed by atoms with Gasteiger partial charge in [0.05, 0.1) is 12.1 Å². The number of amides is 2. The third-order valence-corrected chi connectivity index (χ3v) is 2.81. The molecule has 2 amide bonds. The van der Waals surface area contributed by atoms with Crippen molar-refractivity contribution in [3.8, 4) is 0 Å². The van der Waals surface area contributed by atoms with E-state index in [4.69, 9.17) is 0 Å². The molecule has 0 aromatic carbocycles. The lowest BCUT2D eigenvalue weighted by Crippen LogP contribution is -2.44. The first-order chi connectivity index (χ1) is 8.89. The molecule has 1 aromatic heterocycles. The number of nitrogens with one attached hydrogen (secondary N) is 2. The van der Waals surface area contributed by atoms with E-state index >= 15 is 0 Å². The number of urea groups is 1. The SMILES string of the molecule is CC(C)CCC(C)(O)CNC(=O)NCc1ccon1. The minimum atomic E-state index is -0.879. The summed E-state index contributed by atoms with van der Waals surface area (Å²) in [6.07, 6.45) is 3.04. The number of carbonyl (C=O) groups excluding carboxylic acids is 1. The van der Waals surface area contributed by atoms with Gasteiger partial charge in [0.1, 0.15) is 12.0 Å². The van der Waals surface area contributed by atoms with Gasteiger partial charge in [0.25, 0.3) is 0 Å². The van der Waals surface area contributed by atoms with E-state index in [2.05, 4.69) is 34.2 Å². The molecule has 0 radical (unpaired) electrons. The second kappa shape index (κ2) is 7.13. The number of aromatic nitrogens is 1. The third kappa shape index (κ3) is 6.81. The molecule has 1 heterocycles. The normalized spacial score (nSPS) is 14.2. The summed E-state index contributed by atoms with van der Waals surface area (Å²) in [7, 11) is 0. The van der Waals surface area contributed by atoms with Crippen LogP contribution in [0.25, 0.3) is 0 Å². The fraction of sp³-hybridized carbons (Fsp3) is 0.692. The predicted molar refractivity (Wildman–Crippen MR) is 71.4 cm³/mol. The van der Waals surface area contributed by atoms with E-state index in [1.807, 2.05) is 0 Å². The number of carbonyl (C=O) groups is 1. The molecule has 0 aliphatic heterocycles. The van der Waals surface area contributed by atoms with E-state index in [1.165, 1.54) is 6.26 Å². The maximum absolute atomic E-state index is 11.5. The minimum absolute atomic E-state index is 0.227. The molecule has 0 aliphatic rings. The molecule has 1 unspecified atom stereocenters. The quantitative estimate of drug-likeness (QED) is 0.702. The fourth-order valence-electron chi connectivity index (χ4n) is 1.52. The van der Waals surface area contributed by atoms with E-state index in [0.29, 0.717) is 24.6 Å². The van der Waals surface area contributed by atoms with Gasteiger partial charge in [-0.05, 0) is 25.7 Å². The number of rotatable bonds is 7. The summed E-state index contributed by atoms with van der Waals surface area (Å²) in [5.74, 6) is 0.535. The van der Waals surface area contributed by atoms with Crippen molar-refractivity contribution in [3.05, 3.63) is 18.0 Å². The van der Waals surface area contributed by atoms with Crippen molar-refractivity contribution in [3.63, 3.8) is 0 Å². The molecular weight excluding hydrogens is 246 g/mol. The molecule has 0 fully saturated rings. The minimum Gasteiger partial charge on any atom is -0.388 e. The van der Waals surface area contributed by atoms with Crippen LogP contribution in [0.5, 0.6) is 0 Å². The maximum atomic E-state index is 11.5. The molecule has 0 spiro atoms. The molecule has 0 aliphatic carbocycles. The van der Waals surface area contributed by atoms with Crippen LogP contribution < -0.4 is 10.6 Å². The molecular formula is C13H23N3O3. The lowest BCUT2D eigenvalue weighted by atomic mass is 9.95. The van der Waals surface area contributed by atoms with E-state index in [9.17, 15) is 9.90 Å². The van der Waals surface area contributed by atoms with Crippen molar-refractivity contribution in [2.24, 2.45) is 5.92 Å². The largest absolute Gasteiger partial charge is 0.388 e. The standard InChI is InChI=1S/C13H23N3O3/c1-10(2)4-6-13(3,18)9-15-12(17)14-8-11-5-7-19-16-11/h5,7,10,18H,4,6,8-9H2,1-3H3,(H2,14,15,17). The Morgan fingerprint density at radius 3 is 2.84 bits per heavy atom. The van der Waals surface area contributed by atoms with Crippen LogP contribution in [0.15, 0.2) is 16.9 Å². The van der Waals surface area contributed by atoms with E-state index in [-0.39, 0.29) is 12.6 Å². The van der Waals surface area contributed by atoms with Crippen LogP contribution in [-0.2, 0) is 6.54 Å². The van der Waals surface area contributed by atoms with Gasteiger partial charge in [-0.2, -0.15) is 0 Å². The summed E-state index contributed by atoms with van der Waals surface area (Å²) in [5.41, 5.74) is -0.225. The van der Waals surface area contributed by atoms with Crippen LogP contribution in [0.2, 0.25) is 0 Å². The first-order valence-electron chi connectivity index (χ1n) is 6.52. The second-order valence-corrected chi connectivity index (χ2v) is 5.46. The highest BCUT2D eigenvalue weighted by Crippen LogP contribution is 2.15. The molecule has 0 saturated heterocycles. The number of hydrogen-bond donors (Lipinski definition) is 3. The average Bonchev–Trinajstić information content (AvgIpc) is 2.85. The topological polar surface area (TPSA) is 87.4 Å². The Bertz CT molecular complexity index is 374. The van der Waals surface area contributed by atoms with Gasteiger partial charge in [0.2, 0.25) is 0 Å². The summed E-state index contributed by atoms with van der Waals surface area (Å²) >= 11 is 0. The predicted octanol–water partition coefficient (Wildman–Crippen LogP) is 1.66. The van der Waals surface area contributed by atoms with Gasteiger partial charge in [0, 0.05) is 12.6 Å². The molecule has 1 atom stereocenters. The highest BCUT2D eigenvalue weighted by molar-refractivity contribution is 5.73. The van der Waals surface area contributed by atoms with Crippen molar-refractivity contribution in [1.29, 1.82) is 0 Å². The van der Waals surface area contributed by atoms with Crippen molar-refractivity contribution >= 4 is 6.03 Å². The maximum Gasteiger partial charge on any atom is 0.315 e. The first kappa shape index (κ1) is 15.5. The Morgan fingerprint density at radius 1 is 1.53 bits per heavy atom. The summed E-state index contributed by atoms with van der Waals surface area (Å²) in [5, 5.41) is 19.1. The van der Waals surface area contributed by atoms with Crippen LogP contribution in [0, 0.1) is 5.92 Å². The summed E-state index contributed by atoms with van der Waals surface area (Å²) < 4.78 is 4.65. The average molecular weight is 269 g/mol. The molecule has 1 rings (SSSR count). The van der Waals surface area contributed by atoms with Gasteiger partial charge in [0.15, 0.2) is 0 Å². The van der Waals surface area contributed by atoms with Crippen LogP contribution in [-0.4, -0.2) is 28.4 Å². The van der Waals surface area contributed by atoms with Crippen molar-refractivity contribution in [2.75, 3.05) is 6.54 Å². The molecule has 6 nitrogen and oxygen atoms in total. The lowest BCUT2D eigenvalue weighted by molar-refractivity contribution is 0.0476. The Kier molecular flexibility index (Phi) is 5.82. The first-order valence-corrected chi connectivity index (χ1v) is 6.52. The van der Waals surface area contributed by atoms with Crippen LogP contribution in [0.1, 0.15) is 39.3 Å². The van der Waals surface area contributed by atoms with E-state index < -0.39 is 5.60 Å². The number of nitrogens with zero attached hydrogens (tertiary/aromatic N) is 1. The molecule has 19 heavy (non-hydrogen) atoms. The van der Waals surface area contributed by atoms with E-state index in [0.717, 1.165) is 6.42 Å². The molecule has 6 heteroatoms. The van der Waals surface area contributed by atoms with Crippen LogP contribution >= 0.6 is 0 Å². The second-order valence-electron chi connectivity index (χ2n) is 5.46. The molecule has 0 saturated carbocycles. The Hall–Kier alpha value is -1.56. The van der Waals surface area contributed by atoms with Crippen LogP contribution in [0.3, 0.4) is 0 Å². The Labute approximate surface area is 113 Å². The zero-order chi connectivity index (χ0) is 14.3. The monoisotopic (exact) mass is 269 g/mol. The van der Waals surface area contributed by atoms with E-state index in [1.54, 1.807) is 13.0 Å². The van der Waals surface area contributed by atoms with Crippen molar-refractivity contribution < 1.29 is 14.4 Å². The third-order valence-electron chi connectivity index (χ3n) is 2.81. The fourth-order valence-corrected chi connectivity index (χ4v) is 1.52. The summed E-state index contributed by atoms with van der Waals surface area (Å²) in [4.78, 5) is 11.5. The van der Waals surface area contributed by atoms with Gasteiger partial charge < -0.3 is 20.3 Å². The molecule has 3 N–H and O–H groups in total. The molecule has 108 valence electrons. The summed E-state index contributed by atoms with van der Waals surface area (Å²) in [6.45, 7) is 6.47. The van der Waals surface area contributed by atoms with Gasteiger partial charge in [-0.3, -0.25) is 0 Å². The highest BCUT2D eigenvalue weighted by Gasteiger charge is 2.21. The zero-order valence-electron chi connectivity index (χ0n) is 11.8. The highest BCUT2D eigenvalue weighted by atomic mass is 16.5. The van der Waals surface area contributed by atoms with Gasteiger partial charge in [-0.1, -0.05) is 19.0 Å². The van der Waals surface area contributed by atoms with Gasteiger partial charge in [-0.25, -0.2) is 4.79 Å². The number of aliphatic hydroxyl groups is 1. The van der Waals surface area contributed by atoms with Crippen molar-refractivity contribution in [2.45, 2.75) is 45.8 Å². The van der Waals surface area contributed by atoms with Gasteiger partial charge in [-0.15, -0.1) is 0 Å². The van der Waals surface area contributed by atoms with Crippen molar-refractivity contribution in [1.82, 2.24) is 15.8 Å². The molecule has 1 aromatic rings. The smallest absolute Gasteiger partial charge is 0.315 e. The Morgan fingerprint density at radius 2 is 2.26 bits per heavy atom. The molecule has 0 bridgehead atoms. The van der Waals surface area contributed by atoms with Gasteiger partial charge >= 0.3 is 6.03 Å². The zero-order valence-corrected chi connectivity index (χ0v) is 11.8. The number of hydrogen-bond acceptors (Lipinski definition) is 4. The Balaban J connectivity index is 2.21. The van der Waals surface area contributed by atoms with Crippen LogP contribution in [0.4, 0.5) is 4.79 Å². The summed E-state index contributed by atoms with van der Waals surface area (Å²) in [6, 6.07) is 1.35.